The maximum absolute atomic E-state index is 4.86. The molecule has 1 saturated heterocycles. The normalized spacial score (nSPS) is 19.0. The van der Waals surface area contributed by atoms with E-state index in [1.807, 2.05) is 12.3 Å². The van der Waals surface area contributed by atoms with Gasteiger partial charge in [-0.3, -0.25) is 4.90 Å². The third-order valence-corrected chi connectivity index (χ3v) is 3.90. The van der Waals surface area contributed by atoms with Crippen molar-refractivity contribution in [2.45, 2.75) is 52.0 Å². The van der Waals surface area contributed by atoms with Crippen LogP contribution in [0.15, 0.2) is 12.3 Å². The minimum atomic E-state index is 0.0813. The molecule has 20 heavy (non-hydrogen) atoms. The highest BCUT2D eigenvalue weighted by molar-refractivity contribution is 5.13. The van der Waals surface area contributed by atoms with Gasteiger partial charge in [-0.05, 0) is 12.5 Å². The first-order chi connectivity index (χ1) is 9.52. The zero-order valence-corrected chi connectivity index (χ0v) is 13.3. The predicted molar refractivity (Wildman–Crippen MR) is 82.8 cm³/mol. The first-order valence-corrected chi connectivity index (χ1v) is 7.80. The first-order valence-electron chi connectivity index (χ1n) is 7.80. The van der Waals surface area contributed by atoms with Gasteiger partial charge in [-0.15, -0.1) is 0 Å². The molecule has 1 atom stereocenters. The number of nitrogens with zero attached hydrogens (tertiary/aromatic N) is 3. The Hall–Kier alpha value is -1.00. The Kier molecular flexibility index (Phi) is 5.11. The van der Waals surface area contributed by atoms with Crippen LogP contribution in [0.5, 0.6) is 0 Å². The smallest absolute Gasteiger partial charge is 0.145 e. The van der Waals surface area contributed by atoms with Crippen LogP contribution in [0.4, 0.5) is 0 Å². The molecule has 0 radical (unpaired) electrons. The molecule has 1 aromatic rings. The lowest BCUT2D eigenvalue weighted by molar-refractivity contribution is 0.157. The van der Waals surface area contributed by atoms with Crippen LogP contribution in [0.2, 0.25) is 0 Å². The molecule has 0 saturated carbocycles. The van der Waals surface area contributed by atoms with Gasteiger partial charge >= 0.3 is 0 Å². The summed E-state index contributed by atoms with van der Waals surface area (Å²) >= 11 is 0. The molecular weight excluding hydrogens is 248 g/mol. The summed E-state index contributed by atoms with van der Waals surface area (Å²) in [6.45, 7) is 13.2. The van der Waals surface area contributed by atoms with E-state index in [1.54, 1.807) is 0 Å². The summed E-state index contributed by atoms with van der Waals surface area (Å²) in [7, 11) is 0. The van der Waals surface area contributed by atoms with Crippen LogP contribution in [0.3, 0.4) is 0 Å². The largest absolute Gasteiger partial charge is 0.314 e. The van der Waals surface area contributed by atoms with Gasteiger partial charge in [-0.2, -0.15) is 0 Å². The van der Waals surface area contributed by atoms with Crippen molar-refractivity contribution >= 4 is 0 Å². The highest BCUT2D eigenvalue weighted by atomic mass is 15.2. The molecule has 0 aromatic carbocycles. The van der Waals surface area contributed by atoms with Gasteiger partial charge in [0.1, 0.15) is 5.82 Å². The van der Waals surface area contributed by atoms with E-state index >= 15 is 0 Å². The Morgan fingerprint density at radius 1 is 1.30 bits per heavy atom. The number of aromatic nitrogens is 2. The number of hydrogen-bond acceptors (Lipinski definition) is 4. The van der Waals surface area contributed by atoms with Crippen molar-refractivity contribution < 1.29 is 0 Å². The highest BCUT2D eigenvalue weighted by Crippen LogP contribution is 2.26. The van der Waals surface area contributed by atoms with E-state index in [4.69, 9.17) is 4.98 Å². The summed E-state index contributed by atoms with van der Waals surface area (Å²) < 4.78 is 0. The lowest BCUT2D eigenvalue weighted by Gasteiger charge is -2.34. The van der Waals surface area contributed by atoms with Gasteiger partial charge in [-0.1, -0.05) is 34.1 Å². The molecule has 1 aromatic heterocycles. The minimum Gasteiger partial charge on any atom is -0.314 e. The fourth-order valence-electron chi connectivity index (χ4n) is 2.69. The zero-order valence-electron chi connectivity index (χ0n) is 13.3. The van der Waals surface area contributed by atoms with E-state index in [2.05, 4.69) is 42.9 Å². The molecular formula is C16H28N4. The average molecular weight is 276 g/mol. The molecule has 1 N–H and O–H groups in total. The SMILES string of the molecule is CCCC(c1nccc(C(C)(C)C)n1)N1CCNCC1. The lowest BCUT2D eigenvalue weighted by Crippen LogP contribution is -2.45. The van der Waals surface area contributed by atoms with Crippen LogP contribution >= 0.6 is 0 Å². The lowest BCUT2D eigenvalue weighted by atomic mass is 9.92. The standard InChI is InChI=1S/C16H28N4/c1-5-6-13(20-11-9-17-10-12-20)15-18-8-7-14(19-15)16(2,3)4/h7-8,13,17H,5-6,9-12H2,1-4H3. The molecule has 2 rings (SSSR count). The number of nitrogens with one attached hydrogen (secondary N) is 1. The molecule has 1 aliphatic rings. The van der Waals surface area contributed by atoms with Gasteiger partial charge in [0.25, 0.3) is 0 Å². The van der Waals surface area contributed by atoms with Gasteiger partial charge in [0.15, 0.2) is 0 Å². The van der Waals surface area contributed by atoms with Crippen LogP contribution in [0, 0.1) is 0 Å². The third kappa shape index (κ3) is 3.76. The Labute approximate surface area is 123 Å². The van der Waals surface area contributed by atoms with Gasteiger partial charge < -0.3 is 5.32 Å². The van der Waals surface area contributed by atoms with E-state index < -0.39 is 0 Å². The Bertz CT molecular complexity index is 419. The Morgan fingerprint density at radius 3 is 2.60 bits per heavy atom. The molecule has 0 amide bonds. The van der Waals surface area contributed by atoms with Crippen molar-refractivity contribution in [1.29, 1.82) is 0 Å². The van der Waals surface area contributed by atoms with Crippen molar-refractivity contribution in [2.75, 3.05) is 26.2 Å². The number of rotatable bonds is 4. The molecule has 0 bridgehead atoms. The summed E-state index contributed by atoms with van der Waals surface area (Å²) in [6, 6.07) is 2.41. The molecule has 1 unspecified atom stereocenters. The van der Waals surface area contributed by atoms with E-state index in [1.165, 1.54) is 0 Å². The highest BCUT2D eigenvalue weighted by Gasteiger charge is 2.25. The molecule has 0 spiro atoms. The van der Waals surface area contributed by atoms with E-state index in [9.17, 15) is 0 Å². The molecule has 2 heterocycles. The monoisotopic (exact) mass is 276 g/mol. The van der Waals surface area contributed by atoms with Gasteiger partial charge in [0.05, 0.1) is 6.04 Å². The van der Waals surface area contributed by atoms with Crippen LogP contribution in [-0.4, -0.2) is 41.0 Å². The first kappa shape index (κ1) is 15.4. The summed E-state index contributed by atoms with van der Waals surface area (Å²) in [6.07, 6.45) is 4.22. The van der Waals surface area contributed by atoms with Crippen LogP contribution in [-0.2, 0) is 5.41 Å². The van der Waals surface area contributed by atoms with Crippen LogP contribution in [0.1, 0.15) is 58.1 Å². The van der Waals surface area contributed by atoms with Crippen molar-refractivity contribution in [2.24, 2.45) is 0 Å². The quantitative estimate of drug-likeness (QED) is 0.917. The molecule has 1 aliphatic heterocycles. The predicted octanol–water partition coefficient (Wildman–Crippen LogP) is 2.52. The van der Waals surface area contributed by atoms with Gasteiger partial charge in [0, 0.05) is 43.5 Å². The van der Waals surface area contributed by atoms with Crippen molar-refractivity contribution in [3.8, 4) is 0 Å². The fourth-order valence-corrected chi connectivity index (χ4v) is 2.69. The summed E-state index contributed by atoms with van der Waals surface area (Å²) in [4.78, 5) is 12.0. The zero-order chi connectivity index (χ0) is 14.6. The Balaban J connectivity index is 2.24. The second-order valence-electron chi connectivity index (χ2n) is 6.64. The van der Waals surface area contributed by atoms with Crippen molar-refractivity contribution in [3.63, 3.8) is 0 Å². The number of hydrogen-bond donors (Lipinski definition) is 1. The molecule has 0 aliphatic carbocycles. The van der Waals surface area contributed by atoms with Gasteiger partial charge in [0.2, 0.25) is 0 Å². The van der Waals surface area contributed by atoms with E-state index in [0.717, 1.165) is 50.5 Å². The van der Waals surface area contributed by atoms with E-state index in [0.29, 0.717) is 6.04 Å². The van der Waals surface area contributed by atoms with Crippen molar-refractivity contribution in [3.05, 3.63) is 23.8 Å². The minimum absolute atomic E-state index is 0.0813. The average Bonchev–Trinajstić information content (AvgIpc) is 2.45. The van der Waals surface area contributed by atoms with Crippen molar-refractivity contribution in [1.82, 2.24) is 20.2 Å². The summed E-state index contributed by atoms with van der Waals surface area (Å²) in [5.41, 5.74) is 1.22. The second-order valence-corrected chi connectivity index (χ2v) is 6.64. The second kappa shape index (κ2) is 6.64. The fraction of sp³-hybridized carbons (Fsp3) is 0.750. The van der Waals surface area contributed by atoms with Crippen LogP contribution < -0.4 is 5.32 Å². The van der Waals surface area contributed by atoms with Crippen LogP contribution in [0.25, 0.3) is 0 Å². The summed E-state index contributed by atoms with van der Waals surface area (Å²) in [5, 5.41) is 3.42. The molecule has 112 valence electrons. The topological polar surface area (TPSA) is 41.1 Å². The number of piperazine rings is 1. The molecule has 1 fully saturated rings. The van der Waals surface area contributed by atoms with Gasteiger partial charge in [-0.25, -0.2) is 9.97 Å². The third-order valence-electron chi connectivity index (χ3n) is 3.90. The molecule has 4 nitrogen and oxygen atoms in total. The van der Waals surface area contributed by atoms with E-state index in [-0.39, 0.29) is 5.41 Å². The summed E-state index contributed by atoms with van der Waals surface area (Å²) in [5.74, 6) is 1.00. The maximum Gasteiger partial charge on any atom is 0.145 e. The molecule has 4 heteroatoms. The Morgan fingerprint density at radius 2 is 2.00 bits per heavy atom. The maximum atomic E-state index is 4.86.